The summed E-state index contributed by atoms with van der Waals surface area (Å²) < 4.78 is 14.8. The number of hydrogen-bond donors (Lipinski definition) is 0. The first kappa shape index (κ1) is 17.1. The molecule has 0 aromatic heterocycles. The van der Waals surface area contributed by atoms with Crippen LogP contribution in [0.3, 0.4) is 0 Å². The fraction of sp³-hybridized carbons (Fsp3) is 0.462. The number of esters is 1. The van der Waals surface area contributed by atoms with Gasteiger partial charge in [0.05, 0.1) is 43.6 Å². The van der Waals surface area contributed by atoms with Gasteiger partial charge < -0.3 is 14.2 Å². The number of hydrogen-bond acceptors (Lipinski definition) is 7. The number of nitro benzene ring substituents is 1. The zero-order valence-corrected chi connectivity index (χ0v) is 13.1. The summed E-state index contributed by atoms with van der Waals surface area (Å²) >= 11 is 1.21. The molecule has 0 heterocycles. The zero-order chi connectivity index (χ0) is 16.0. The predicted molar refractivity (Wildman–Crippen MR) is 78.2 cm³/mol. The Hall–Kier alpha value is -1.96. The Morgan fingerprint density at radius 3 is 2.33 bits per heavy atom. The van der Waals surface area contributed by atoms with Crippen molar-refractivity contribution in [2.45, 2.75) is 23.5 Å². The summed E-state index contributed by atoms with van der Waals surface area (Å²) in [5.74, 6) is 0.322. The van der Waals surface area contributed by atoms with E-state index < -0.39 is 4.92 Å². The summed E-state index contributed by atoms with van der Waals surface area (Å²) in [6, 6.07) is 2.85. The van der Waals surface area contributed by atoms with Crippen LogP contribution in [0.4, 0.5) is 5.69 Å². The van der Waals surface area contributed by atoms with E-state index in [1.165, 1.54) is 45.2 Å². The minimum Gasteiger partial charge on any atom is -0.493 e. The Morgan fingerprint density at radius 1 is 1.29 bits per heavy atom. The smallest absolute Gasteiger partial charge is 0.306 e. The second kappa shape index (κ2) is 7.72. The van der Waals surface area contributed by atoms with E-state index in [-0.39, 0.29) is 29.1 Å². The SMILES string of the molecule is COC(=O)CC(C)Sc1cc(OC)c(OC)cc1[N+](=O)[O-]. The summed E-state index contributed by atoms with van der Waals surface area (Å²) in [4.78, 5) is 22.3. The van der Waals surface area contributed by atoms with Crippen molar-refractivity contribution >= 4 is 23.4 Å². The molecule has 0 fully saturated rings. The van der Waals surface area contributed by atoms with Gasteiger partial charge in [-0.25, -0.2) is 0 Å². The lowest BCUT2D eigenvalue weighted by Crippen LogP contribution is -2.08. The van der Waals surface area contributed by atoms with Gasteiger partial charge in [-0.3, -0.25) is 14.9 Å². The van der Waals surface area contributed by atoms with Gasteiger partial charge >= 0.3 is 5.97 Å². The van der Waals surface area contributed by atoms with E-state index in [0.717, 1.165) is 0 Å². The number of carbonyl (C=O) groups excluding carboxylic acids is 1. The van der Waals surface area contributed by atoms with Crippen LogP contribution in [0.2, 0.25) is 0 Å². The van der Waals surface area contributed by atoms with E-state index in [2.05, 4.69) is 4.74 Å². The monoisotopic (exact) mass is 315 g/mol. The van der Waals surface area contributed by atoms with Gasteiger partial charge in [-0.15, -0.1) is 11.8 Å². The predicted octanol–water partition coefficient (Wildman–Crippen LogP) is 2.66. The van der Waals surface area contributed by atoms with Crippen LogP contribution in [0.5, 0.6) is 11.5 Å². The number of nitro groups is 1. The highest BCUT2D eigenvalue weighted by atomic mass is 32.2. The van der Waals surface area contributed by atoms with Crippen molar-refractivity contribution in [2.24, 2.45) is 0 Å². The third-order valence-electron chi connectivity index (χ3n) is 2.67. The number of rotatable bonds is 7. The van der Waals surface area contributed by atoms with Crippen LogP contribution >= 0.6 is 11.8 Å². The Bertz CT molecular complexity index is 534. The first-order valence-electron chi connectivity index (χ1n) is 6.06. The number of thioether (sulfide) groups is 1. The lowest BCUT2D eigenvalue weighted by molar-refractivity contribution is -0.387. The third-order valence-corrected chi connectivity index (χ3v) is 3.82. The van der Waals surface area contributed by atoms with E-state index in [9.17, 15) is 14.9 Å². The highest BCUT2D eigenvalue weighted by molar-refractivity contribution is 8.00. The van der Waals surface area contributed by atoms with Crippen molar-refractivity contribution in [2.75, 3.05) is 21.3 Å². The summed E-state index contributed by atoms with van der Waals surface area (Å²) in [5.41, 5.74) is -0.0886. The van der Waals surface area contributed by atoms with Gasteiger partial charge in [0.25, 0.3) is 5.69 Å². The Labute approximate surface area is 126 Å². The van der Waals surface area contributed by atoms with Gasteiger partial charge in [0.1, 0.15) is 0 Å². The van der Waals surface area contributed by atoms with Crippen LogP contribution < -0.4 is 9.47 Å². The molecule has 0 aliphatic rings. The molecule has 1 unspecified atom stereocenters. The van der Waals surface area contributed by atoms with Crippen molar-refractivity contribution in [1.29, 1.82) is 0 Å². The van der Waals surface area contributed by atoms with Crippen molar-refractivity contribution in [3.8, 4) is 11.5 Å². The number of nitrogens with zero attached hydrogens (tertiary/aromatic N) is 1. The summed E-state index contributed by atoms with van der Waals surface area (Å²) in [5, 5.41) is 11.0. The molecule has 1 atom stereocenters. The van der Waals surface area contributed by atoms with E-state index >= 15 is 0 Å². The quantitative estimate of drug-likeness (QED) is 0.331. The largest absolute Gasteiger partial charge is 0.493 e. The van der Waals surface area contributed by atoms with Gasteiger partial charge in [-0.1, -0.05) is 6.92 Å². The minimum atomic E-state index is -0.491. The molecule has 0 saturated carbocycles. The van der Waals surface area contributed by atoms with Gasteiger partial charge in [0, 0.05) is 11.3 Å². The molecular weight excluding hydrogens is 298 g/mol. The minimum absolute atomic E-state index is 0.0886. The molecule has 1 rings (SSSR count). The Morgan fingerprint density at radius 2 is 1.86 bits per heavy atom. The molecule has 7 nitrogen and oxygen atoms in total. The van der Waals surface area contributed by atoms with Crippen molar-refractivity contribution < 1.29 is 23.9 Å². The highest BCUT2D eigenvalue weighted by Crippen LogP contribution is 2.41. The summed E-state index contributed by atoms with van der Waals surface area (Å²) in [6.07, 6.45) is 0.159. The Balaban J connectivity index is 3.09. The van der Waals surface area contributed by atoms with E-state index in [4.69, 9.17) is 9.47 Å². The average molecular weight is 315 g/mol. The molecule has 0 saturated heterocycles. The van der Waals surface area contributed by atoms with Crippen LogP contribution in [0, 0.1) is 10.1 Å². The first-order chi connectivity index (χ1) is 9.92. The van der Waals surface area contributed by atoms with Crippen LogP contribution in [0.15, 0.2) is 17.0 Å². The van der Waals surface area contributed by atoms with E-state index in [0.29, 0.717) is 10.6 Å². The fourth-order valence-corrected chi connectivity index (χ4v) is 2.75. The highest BCUT2D eigenvalue weighted by Gasteiger charge is 2.22. The van der Waals surface area contributed by atoms with Gasteiger partial charge in [-0.2, -0.15) is 0 Å². The third kappa shape index (κ3) is 4.52. The number of ether oxygens (including phenoxy) is 3. The molecule has 1 aromatic rings. The molecule has 21 heavy (non-hydrogen) atoms. The molecule has 0 bridgehead atoms. The first-order valence-corrected chi connectivity index (χ1v) is 6.94. The maximum absolute atomic E-state index is 11.2. The van der Waals surface area contributed by atoms with Crippen LogP contribution in [-0.4, -0.2) is 37.5 Å². The molecule has 0 N–H and O–H groups in total. The van der Waals surface area contributed by atoms with Crippen LogP contribution in [0.1, 0.15) is 13.3 Å². The topological polar surface area (TPSA) is 87.9 Å². The molecule has 0 aliphatic carbocycles. The molecule has 8 heteroatoms. The van der Waals surface area contributed by atoms with Gasteiger partial charge in [0.15, 0.2) is 11.5 Å². The lowest BCUT2D eigenvalue weighted by atomic mass is 10.3. The number of carbonyl (C=O) groups is 1. The average Bonchev–Trinajstić information content (AvgIpc) is 2.45. The van der Waals surface area contributed by atoms with E-state index in [1.807, 2.05) is 0 Å². The number of benzene rings is 1. The fourth-order valence-electron chi connectivity index (χ4n) is 1.66. The molecule has 1 aromatic carbocycles. The maximum atomic E-state index is 11.2. The van der Waals surface area contributed by atoms with Crippen molar-refractivity contribution in [3.05, 3.63) is 22.2 Å². The molecule has 0 amide bonds. The van der Waals surface area contributed by atoms with Crippen molar-refractivity contribution in [3.63, 3.8) is 0 Å². The summed E-state index contributed by atoms with van der Waals surface area (Å²) in [6.45, 7) is 1.79. The van der Waals surface area contributed by atoms with Crippen LogP contribution in [-0.2, 0) is 9.53 Å². The second-order valence-electron chi connectivity index (χ2n) is 4.14. The molecule has 0 radical (unpaired) electrons. The maximum Gasteiger partial charge on any atom is 0.306 e. The lowest BCUT2D eigenvalue weighted by Gasteiger charge is -2.13. The standard InChI is InChI=1S/C13H17NO6S/c1-8(5-13(15)20-4)21-12-7-11(19-3)10(18-2)6-9(12)14(16)17/h6-8H,5H2,1-4H3. The van der Waals surface area contributed by atoms with Crippen molar-refractivity contribution in [1.82, 2.24) is 0 Å². The summed E-state index contributed by atoms with van der Waals surface area (Å²) in [7, 11) is 4.17. The van der Waals surface area contributed by atoms with Crippen LogP contribution in [0.25, 0.3) is 0 Å². The second-order valence-corrected chi connectivity index (χ2v) is 5.62. The molecule has 116 valence electrons. The molecular formula is C13H17NO6S. The van der Waals surface area contributed by atoms with Gasteiger partial charge in [-0.05, 0) is 0 Å². The zero-order valence-electron chi connectivity index (χ0n) is 12.2. The molecule has 0 spiro atoms. The Kier molecular flexibility index (Phi) is 6.29. The number of methoxy groups -OCH3 is 3. The normalized spacial score (nSPS) is 11.6. The molecule has 0 aliphatic heterocycles. The van der Waals surface area contributed by atoms with Gasteiger partial charge in [0.2, 0.25) is 0 Å². The van der Waals surface area contributed by atoms with E-state index in [1.54, 1.807) is 6.92 Å².